The molecule has 2 saturated carbocycles. The third-order valence-electron chi connectivity index (χ3n) is 4.60. The third-order valence-corrected chi connectivity index (χ3v) is 4.60. The molecule has 1 N–H and O–H groups in total. The molecule has 0 atom stereocenters. The molecule has 0 saturated heterocycles. The highest BCUT2D eigenvalue weighted by Gasteiger charge is 2.32. The molecule has 2 aliphatic rings. The second-order valence-electron chi connectivity index (χ2n) is 6.06. The molecule has 0 amide bonds. The second-order valence-corrected chi connectivity index (χ2v) is 6.06. The highest BCUT2D eigenvalue weighted by Crippen LogP contribution is 2.43. The Hall–Kier alpha value is -1.84. The molecule has 4 nitrogen and oxygen atoms in total. The number of carbonyl (C=O) groups is 1. The Morgan fingerprint density at radius 2 is 1.95 bits per heavy atom. The standard InChI is InChI=1S/C16H18N2O2/c19-16(20)11-5-8-13-14(9-11)18(12-6-7-12)15(17-13)10-3-1-2-4-10/h5,8-10,12H,1-4,6-7H2,(H,19,20). The van der Waals surface area contributed by atoms with E-state index in [-0.39, 0.29) is 0 Å². The van der Waals surface area contributed by atoms with Gasteiger partial charge >= 0.3 is 5.97 Å². The summed E-state index contributed by atoms with van der Waals surface area (Å²) in [6.45, 7) is 0. The number of hydrogen-bond donors (Lipinski definition) is 1. The molecule has 1 aromatic heterocycles. The average Bonchev–Trinajstić information content (AvgIpc) is 3.02. The zero-order valence-electron chi connectivity index (χ0n) is 11.4. The van der Waals surface area contributed by atoms with Gasteiger partial charge < -0.3 is 9.67 Å². The van der Waals surface area contributed by atoms with Gasteiger partial charge in [0.25, 0.3) is 0 Å². The van der Waals surface area contributed by atoms with Gasteiger partial charge in [-0.1, -0.05) is 12.8 Å². The molecule has 1 aromatic carbocycles. The molecule has 0 spiro atoms. The Morgan fingerprint density at radius 3 is 2.60 bits per heavy atom. The van der Waals surface area contributed by atoms with Crippen LogP contribution in [0.5, 0.6) is 0 Å². The Labute approximate surface area is 117 Å². The lowest BCUT2D eigenvalue weighted by Gasteiger charge is -2.12. The van der Waals surface area contributed by atoms with Gasteiger partial charge in [-0.25, -0.2) is 9.78 Å². The van der Waals surface area contributed by atoms with E-state index in [1.807, 2.05) is 6.07 Å². The van der Waals surface area contributed by atoms with E-state index >= 15 is 0 Å². The minimum absolute atomic E-state index is 0.359. The molecule has 2 aliphatic carbocycles. The number of aromatic nitrogens is 2. The van der Waals surface area contributed by atoms with Gasteiger partial charge in [0, 0.05) is 12.0 Å². The van der Waals surface area contributed by atoms with Crippen molar-refractivity contribution in [1.29, 1.82) is 0 Å². The van der Waals surface area contributed by atoms with Crippen molar-refractivity contribution in [2.75, 3.05) is 0 Å². The molecular formula is C16H18N2O2. The van der Waals surface area contributed by atoms with Gasteiger partial charge in [0.1, 0.15) is 5.82 Å². The van der Waals surface area contributed by atoms with Crippen molar-refractivity contribution in [3.8, 4) is 0 Å². The Bertz CT molecular complexity index is 679. The van der Waals surface area contributed by atoms with Crippen LogP contribution in [0.2, 0.25) is 0 Å². The van der Waals surface area contributed by atoms with Crippen molar-refractivity contribution in [3.05, 3.63) is 29.6 Å². The summed E-state index contributed by atoms with van der Waals surface area (Å²) >= 11 is 0. The van der Waals surface area contributed by atoms with Crippen molar-refractivity contribution in [1.82, 2.24) is 9.55 Å². The van der Waals surface area contributed by atoms with Gasteiger partial charge in [-0.3, -0.25) is 0 Å². The van der Waals surface area contributed by atoms with Crippen molar-refractivity contribution in [3.63, 3.8) is 0 Å². The minimum atomic E-state index is -0.863. The van der Waals surface area contributed by atoms with Crippen molar-refractivity contribution in [2.45, 2.75) is 50.5 Å². The van der Waals surface area contributed by atoms with Gasteiger partial charge in [-0.2, -0.15) is 0 Å². The lowest BCUT2D eigenvalue weighted by atomic mass is 10.1. The summed E-state index contributed by atoms with van der Waals surface area (Å²) in [6.07, 6.45) is 7.42. The zero-order valence-corrected chi connectivity index (χ0v) is 11.4. The van der Waals surface area contributed by atoms with Crippen LogP contribution in [0.4, 0.5) is 0 Å². The van der Waals surface area contributed by atoms with Gasteiger partial charge in [0.2, 0.25) is 0 Å². The SMILES string of the molecule is O=C(O)c1ccc2nc(C3CCCC3)n(C3CC3)c2c1. The summed E-state index contributed by atoms with van der Waals surface area (Å²) in [5.41, 5.74) is 2.32. The van der Waals surface area contributed by atoms with Crippen LogP contribution < -0.4 is 0 Å². The van der Waals surface area contributed by atoms with E-state index in [0.29, 0.717) is 17.5 Å². The maximum atomic E-state index is 11.2. The van der Waals surface area contributed by atoms with E-state index in [1.165, 1.54) is 44.3 Å². The van der Waals surface area contributed by atoms with E-state index < -0.39 is 5.97 Å². The van der Waals surface area contributed by atoms with Crippen LogP contribution >= 0.6 is 0 Å². The van der Waals surface area contributed by atoms with E-state index in [9.17, 15) is 9.90 Å². The number of aromatic carboxylic acids is 1. The van der Waals surface area contributed by atoms with Crippen molar-refractivity contribution >= 4 is 17.0 Å². The van der Waals surface area contributed by atoms with Crippen LogP contribution in [0.25, 0.3) is 11.0 Å². The van der Waals surface area contributed by atoms with Gasteiger partial charge in [-0.15, -0.1) is 0 Å². The predicted octanol–water partition coefficient (Wildman–Crippen LogP) is 3.73. The lowest BCUT2D eigenvalue weighted by molar-refractivity contribution is 0.0697. The summed E-state index contributed by atoms with van der Waals surface area (Å²) in [5, 5.41) is 9.18. The third kappa shape index (κ3) is 1.82. The molecule has 0 bridgehead atoms. The fourth-order valence-electron chi connectivity index (χ4n) is 3.43. The highest BCUT2D eigenvalue weighted by atomic mass is 16.4. The summed E-state index contributed by atoms with van der Waals surface area (Å²) in [5.74, 6) is 0.900. The molecule has 0 aliphatic heterocycles. The minimum Gasteiger partial charge on any atom is -0.478 e. The largest absolute Gasteiger partial charge is 0.478 e. The number of carboxylic acids is 1. The summed E-state index contributed by atoms with van der Waals surface area (Å²) in [4.78, 5) is 16.0. The van der Waals surface area contributed by atoms with Gasteiger partial charge in [0.05, 0.1) is 16.6 Å². The number of imidazole rings is 1. The second kappa shape index (κ2) is 4.33. The molecule has 0 unspecified atom stereocenters. The molecule has 0 radical (unpaired) electrons. The summed E-state index contributed by atoms with van der Waals surface area (Å²) in [7, 11) is 0. The van der Waals surface area contributed by atoms with Crippen LogP contribution in [0, 0.1) is 0 Å². The molecular weight excluding hydrogens is 252 g/mol. The number of fused-ring (bicyclic) bond motifs is 1. The first kappa shape index (κ1) is 11.9. The van der Waals surface area contributed by atoms with Crippen molar-refractivity contribution in [2.24, 2.45) is 0 Å². The smallest absolute Gasteiger partial charge is 0.335 e. The summed E-state index contributed by atoms with van der Waals surface area (Å²) in [6, 6.07) is 5.85. The molecule has 4 heteroatoms. The first-order valence-electron chi connectivity index (χ1n) is 7.49. The van der Waals surface area contributed by atoms with Gasteiger partial charge in [0.15, 0.2) is 0 Å². The molecule has 1 heterocycles. The number of carboxylic acid groups (broad SMARTS) is 1. The first-order chi connectivity index (χ1) is 9.74. The van der Waals surface area contributed by atoms with Crippen LogP contribution in [-0.4, -0.2) is 20.6 Å². The lowest BCUT2D eigenvalue weighted by Crippen LogP contribution is -2.06. The fraction of sp³-hybridized carbons (Fsp3) is 0.500. The van der Waals surface area contributed by atoms with Crippen LogP contribution in [0.1, 0.15) is 66.7 Å². The topological polar surface area (TPSA) is 55.1 Å². The molecule has 2 aromatic rings. The quantitative estimate of drug-likeness (QED) is 0.924. The normalized spacial score (nSPS) is 19.8. The molecule has 20 heavy (non-hydrogen) atoms. The van der Waals surface area contributed by atoms with Crippen LogP contribution in [0.3, 0.4) is 0 Å². The number of nitrogens with zero attached hydrogens (tertiary/aromatic N) is 2. The molecule has 4 rings (SSSR count). The highest BCUT2D eigenvalue weighted by molar-refractivity contribution is 5.92. The predicted molar refractivity (Wildman–Crippen MR) is 76.2 cm³/mol. The Balaban J connectivity index is 1.90. The number of benzene rings is 1. The summed E-state index contributed by atoms with van der Waals surface area (Å²) < 4.78 is 2.33. The Kier molecular flexibility index (Phi) is 2.59. The van der Waals surface area contributed by atoms with Crippen molar-refractivity contribution < 1.29 is 9.90 Å². The zero-order chi connectivity index (χ0) is 13.7. The Morgan fingerprint density at radius 1 is 1.20 bits per heavy atom. The molecule has 104 valence electrons. The maximum absolute atomic E-state index is 11.2. The maximum Gasteiger partial charge on any atom is 0.335 e. The number of hydrogen-bond acceptors (Lipinski definition) is 2. The van der Waals surface area contributed by atoms with Crippen LogP contribution in [-0.2, 0) is 0 Å². The average molecular weight is 270 g/mol. The van der Waals surface area contributed by atoms with Gasteiger partial charge in [-0.05, 0) is 43.9 Å². The molecule has 2 fully saturated rings. The fourth-order valence-corrected chi connectivity index (χ4v) is 3.43. The first-order valence-corrected chi connectivity index (χ1v) is 7.49. The monoisotopic (exact) mass is 270 g/mol. The van der Waals surface area contributed by atoms with E-state index in [2.05, 4.69) is 4.57 Å². The number of rotatable bonds is 3. The van der Waals surface area contributed by atoms with E-state index in [1.54, 1.807) is 12.1 Å². The van der Waals surface area contributed by atoms with E-state index in [4.69, 9.17) is 4.98 Å². The van der Waals surface area contributed by atoms with E-state index in [0.717, 1.165) is 11.0 Å². The van der Waals surface area contributed by atoms with Crippen LogP contribution in [0.15, 0.2) is 18.2 Å².